The fraction of sp³-hybridized carbons (Fsp3) is 1.00. The van der Waals surface area contributed by atoms with Crippen molar-refractivity contribution in [2.75, 3.05) is 37.9 Å². The first-order chi connectivity index (χ1) is 20.9. The van der Waals surface area contributed by atoms with Gasteiger partial charge in [-0.3, -0.25) is 0 Å². The average molecular weight is 665 g/mol. The number of aliphatic hydroxyl groups is 11. The SMILES string of the molecule is CCCCSCCCCO[C@@H]1OC(CO)[C@@H](O[C@@H]2OC(CO)[C@H](O[C@H]3OC(CO)[C@H](O)[C@H](O)C3O)[C@H](O)C2O)[C@H](O)C1(O)O. The van der Waals surface area contributed by atoms with Crippen molar-refractivity contribution in [3.8, 4) is 0 Å². The minimum Gasteiger partial charge on any atom is -0.394 e. The Hall–Kier alpha value is -0.330. The van der Waals surface area contributed by atoms with E-state index >= 15 is 0 Å². The van der Waals surface area contributed by atoms with Gasteiger partial charge in [0, 0.05) is 6.61 Å². The molecule has 0 aromatic heterocycles. The summed E-state index contributed by atoms with van der Waals surface area (Å²) in [5.41, 5.74) is 0. The van der Waals surface area contributed by atoms with Crippen molar-refractivity contribution < 1.29 is 84.6 Å². The molecule has 0 amide bonds. The molecule has 44 heavy (non-hydrogen) atoms. The predicted octanol–water partition coefficient (Wildman–Crippen LogP) is -4.92. The summed E-state index contributed by atoms with van der Waals surface area (Å²) in [7, 11) is 0. The van der Waals surface area contributed by atoms with Crippen molar-refractivity contribution in [2.45, 2.75) is 124 Å². The molecular formula is C26H48O17S. The lowest BCUT2D eigenvalue weighted by molar-refractivity contribution is -0.425. The molecule has 0 aliphatic carbocycles. The second-order valence-corrected chi connectivity index (χ2v) is 12.3. The van der Waals surface area contributed by atoms with Gasteiger partial charge in [-0.15, -0.1) is 0 Å². The molecule has 260 valence electrons. The van der Waals surface area contributed by atoms with Crippen molar-refractivity contribution in [1.82, 2.24) is 0 Å². The molecule has 0 saturated carbocycles. The van der Waals surface area contributed by atoms with Gasteiger partial charge in [0.05, 0.1) is 19.8 Å². The number of unbranched alkanes of at least 4 members (excludes halogenated alkanes) is 2. The van der Waals surface area contributed by atoms with Crippen LogP contribution in [0.5, 0.6) is 0 Å². The van der Waals surface area contributed by atoms with Crippen LogP contribution in [0.25, 0.3) is 0 Å². The summed E-state index contributed by atoms with van der Waals surface area (Å²) in [6.07, 6.45) is -20.7. The molecule has 3 aliphatic heterocycles. The van der Waals surface area contributed by atoms with Crippen LogP contribution in [0.2, 0.25) is 0 Å². The molecule has 3 heterocycles. The maximum Gasteiger partial charge on any atom is 0.245 e. The highest BCUT2D eigenvalue weighted by Crippen LogP contribution is 2.35. The van der Waals surface area contributed by atoms with E-state index in [0.29, 0.717) is 6.42 Å². The topological polar surface area (TPSA) is 278 Å². The number of thioether (sulfide) groups is 1. The fourth-order valence-electron chi connectivity index (χ4n) is 5.06. The molecule has 18 heteroatoms. The molecule has 0 aromatic carbocycles. The lowest BCUT2D eigenvalue weighted by Crippen LogP contribution is -2.70. The Morgan fingerprint density at radius 2 is 1.18 bits per heavy atom. The fourth-order valence-corrected chi connectivity index (χ4v) is 6.16. The monoisotopic (exact) mass is 664 g/mol. The van der Waals surface area contributed by atoms with Crippen molar-refractivity contribution in [3.05, 3.63) is 0 Å². The van der Waals surface area contributed by atoms with Gasteiger partial charge in [0.2, 0.25) is 12.1 Å². The molecule has 11 N–H and O–H groups in total. The maximum absolute atomic E-state index is 10.8. The van der Waals surface area contributed by atoms with E-state index in [4.69, 9.17) is 28.4 Å². The smallest absolute Gasteiger partial charge is 0.245 e. The number of ether oxygens (including phenoxy) is 6. The third-order valence-electron chi connectivity index (χ3n) is 7.78. The van der Waals surface area contributed by atoms with Gasteiger partial charge < -0.3 is 84.6 Å². The Balaban J connectivity index is 1.61. The summed E-state index contributed by atoms with van der Waals surface area (Å²) in [5.74, 6) is -1.07. The highest BCUT2D eigenvalue weighted by atomic mass is 32.2. The molecule has 17 nitrogen and oxygen atoms in total. The summed E-state index contributed by atoms with van der Waals surface area (Å²) in [4.78, 5) is 0. The molecular weight excluding hydrogens is 616 g/mol. The molecule has 3 saturated heterocycles. The van der Waals surface area contributed by atoms with Crippen molar-refractivity contribution in [1.29, 1.82) is 0 Å². The average Bonchev–Trinajstić information content (AvgIpc) is 3.01. The van der Waals surface area contributed by atoms with Crippen molar-refractivity contribution in [2.24, 2.45) is 0 Å². The van der Waals surface area contributed by atoms with Crippen LogP contribution in [0.15, 0.2) is 0 Å². The van der Waals surface area contributed by atoms with Crippen LogP contribution in [0.3, 0.4) is 0 Å². The Morgan fingerprint density at radius 1 is 0.636 bits per heavy atom. The lowest BCUT2D eigenvalue weighted by Gasteiger charge is -2.49. The first kappa shape index (κ1) is 38.1. The molecule has 3 fully saturated rings. The minimum absolute atomic E-state index is 0.0723. The molecule has 0 radical (unpaired) electrons. The van der Waals surface area contributed by atoms with Gasteiger partial charge >= 0.3 is 0 Å². The summed E-state index contributed by atoms with van der Waals surface area (Å²) in [5, 5.41) is 113. The number of aliphatic hydroxyl groups excluding tert-OH is 9. The van der Waals surface area contributed by atoms with E-state index in [0.717, 1.165) is 30.8 Å². The van der Waals surface area contributed by atoms with E-state index in [-0.39, 0.29) is 6.61 Å². The van der Waals surface area contributed by atoms with Crippen LogP contribution in [-0.2, 0) is 28.4 Å². The van der Waals surface area contributed by atoms with Crippen LogP contribution in [0.1, 0.15) is 32.6 Å². The van der Waals surface area contributed by atoms with Crippen LogP contribution in [0, 0.1) is 0 Å². The molecule has 5 unspecified atom stereocenters. The van der Waals surface area contributed by atoms with Gasteiger partial charge in [-0.1, -0.05) is 13.3 Å². The summed E-state index contributed by atoms with van der Waals surface area (Å²) in [6.45, 7) is -0.211. The third kappa shape index (κ3) is 8.97. The largest absolute Gasteiger partial charge is 0.394 e. The van der Waals surface area contributed by atoms with Crippen LogP contribution < -0.4 is 0 Å². The van der Waals surface area contributed by atoms with Gasteiger partial charge in [0.1, 0.15) is 67.1 Å². The number of hydrogen-bond donors (Lipinski definition) is 11. The molecule has 0 bridgehead atoms. The van der Waals surface area contributed by atoms with E-state index < -0.39 is 112 Å². The molecule has 3 rings (SSSR count). The normalized spacial score (nSPS) is 42.8. The second kappa shape index (κ2) is 17.7. The Kier molecular flexibility index (Phi) is 15.3. The molecule has 0 spiro atoms. The quantitative estimate of drug-likeness (QED) is 0.0545. The Morgan fingerprint density at radius 3 is 1.80 bits per heavy atom. The molecule has 0 aromatic rings. The van der Waals surface area contributed by atoms with Crippen LogP contribution >= 0.6 is 11.8 Å². The maximum atomic E-state index is 10.8. The zero-order valence-electron chi connectivity index (χ0n) is 24.4. The Labute approximate surface area is 258 Å². The molecule has 3 aliphatic rings. The summed E-state index contributed by atoms with van der Waals surface area (Å²) in [6, 6.07) is 0. The van der Waals surface area contributed by atoms with Crippen LogP contribution in [-0.4, -0.2) is 186 Å². The van der Waals surface area contributed by atoms with E-state index in [1.807, 2.05) is 0 Å². The van der Waals surface area contributed by atoms with E-state index in [2.05, 4.69) is 6.92 Å². The minimum atomic E-state index is -3.02. The van der Waals surface area contributed by atoms with E-state index in [1.54, 1.807) is 11.8 Å². The second-order valence-electron chi connectivity index (χ2n) is 11.1. The van der Waals surface area contributed by atoms with Gasteiger partial charge in [0.25, 0.3) is 0 Å². The zero-order valence-corrected chi connectivity index (χ0v) is 25.2. The van der Waals surface area contributed by atoms with Gasteiger partial charge in [-0.2, -0.15) is 11.8 Å². The van der Waals surface area contributed by atoms with Crippen molar-refractivity contribution in [3.63, 3.8) is 0 Å². The van der Waals surface area contributed by atoms with Gasteiger partial charge in [-0.25, -0.2) is 0 Å². The first-order valence-corrected chi connectivity index (χ1v) is 15.9. The van der Waals surface area contributed by atoms with E-state index in [9.17, 15) is 56.2 Å². The molecule has 14 atom stereocenters. The standard InChI is InChI=1S/C26H48O17S/c1-2-3-7-44-8-5-4-6-38-25-26(36,37)22(35)21(14(11-29)41-25)43-24-19(34)17(32)20(13(10-28)40-24)42-23-18(33)16(31)15(30)12(9-27)39-23/h12-25,27-37H,2-11H2,1H3/t12?,13?,14?,15-,16-,17+,18?,19?,20-,21+,22-,23+,24-,25+/m0/s1. The summed E-state index contributed by atoms with van der Waals surface area (Å²) < 4.78 is 32.8. The number of hydrogen-bond acceptors (Lipinski definition) is 18. The zero-order chi connectivity index (χ0) is 32.6. The highest BCUT2D eigenvalue weighted by molar-refractivity contribution is 7.99. The third-order valence-corrected chi connectivity index (χ3v) is 8.94. The van der Waals surface area contributed by atoms with Crippen LogP contribution in [0.4, 0.5) is 0 Å². The van der Waals surface area contributed by atoms with Crippen molar-refractivity contribution >= 4 is 11.8 Å². The summed E-state index contributed by atoms with van der Waals surface area (Å²) >= 11 is 1.80. The van der Waals surface area contributed by atoms with Gasteiger partial charge in [-0.05, 0) is 30.8 Å². The predicted molar refractivity (Wildman–Crippen MR) is 148 cm³/mol. The number of rotatable bonds is 16. The van der Waals surface area contributed by atoms with Gasteiger partial charge in [0.15, 0.2) is 12.6 Å². The highest BCUT2D eigenvalue weighted by Gasteiger charge is 2.58. The first-order valence-electron chi connectivity index (χ1n) is 14.7. The van der Waals surface area contributed by atoms with E-state index in [1.165, 1.54) is 0 Å². The Bertz CT molecular complexity index is 823. The lowest BCUT2D eigenvalue weighted by atomic mass is 9.94.